The smallest absolute Gasteiger partial charge is 0.408 e. The van der Waals surface area contributed by atoms with Gasteiger partial charge in [0.2, 0.25) is 0 Å². The maximum Gasteiger partial charge on any atom is 0.420 e. The predicted molar refractivity (Wildman–Crippen MR) is 81.4 cm³/mol. The summed E-state index contributed by atoms with van der Waals surface area (Å²) in [4.78, 5) is 12.0. The molecule has 0 aliphatic carbocycles. The van der Waals surface area contributed by atoms with Gasteiger partial charge in [0, 0.05) is 5.56 Å². The molecule has 1 aromatic heterocycles. The van der Waals surface area contributed by atoms with Gasteiger partial charge in [-0.25, -0.2) is 9.18 Å². The van der Waals surface area contributed by atoms with E-state index < -0.39 is 18.2 Å². The van der Waals surface area contributed by atoms with Crippen molar-refractivity contribution in [3.8, 4) is 0 Å². The Kier molecular flexibility index (Phi) is 3.58. The zero-order valence-corrected chi connectivity index (χ0v) is 12.4. The fourth-order valence-electron chi connectivity index (χ4n) is 2.51. The van der Waals surface area contributed by atoms with Crippen LogP contribution in [-0.4, -0.2) is 9.67 Å². The number of nitrogens with zero attached hydrogens (tertiary/aromatic N) is 1. The average Bonchev–Trinajstić information content (AvgIpc) is 2.80. The standard InChI is InChI=1S/C17H16FNO3/c1-10-3-4-12(7-11(10)2)8-19-16-14(22-17(19)21)6-5-13(9-20)15(16)18/h3-7,20H,8-9H2,1-2H3. The van der Waals surface area contributed by atoms with Crippen LogP contribution in [-0.2, 0) is 13.2 Å². The van der Waals surface area contributed by atoms with Crippen LogP contribution in [0.15, 0.2) is 39.5 Å². The van der Waals surface area contributed by atoms with E-state index in [1.165, 1.54) is 16.7 Å². The van der Waals surface area contributed by atoms with E-state index in [4.69, 9.17) is 4.42 Å². The van der Waals surface area contributed by atoms with E-state index in [1.807, 2.05) is 32.0 Å². The molecule has 0 aliphatic rings. The molecule has 0 unspecified atom stereocenters. The van der Waals surface area contributed by atoms with E-state index in [-0.39, 0.29) is 23.2 Å². The molecule has 1 heterocycles. The van der Waals surface area contributed by atoms with E-state index in [0.29, 0.717) is 0 Å². The van der Waals surface area contributed by atoms with Crippen LogP contribution in [0.1, 0.15) is 22.3 Å². The van der Waals surface area contributed by atoms with E-state index in [1.54, 1.807) is 0 Å². The Morgan fingerprint density at radius 2 is 1.95 bits per heavy atom. The lowest BCUT2D eigenvalue weighted by atomic mass is 10.1. The van der Waals surface area contributed by atoms with Crippen molar-refractivity contribution < 1.29 is 13.9 Å². The molecular formula is C17H16FNO3. The molecule has 0 atom stereocenters. The largest absolute Gasteiger partial charge is 0.420 e. The summed E-state index contributed by atoms with van der Waals surface area (Å²) >= 11 is 0. The van der Waals surface area contributed by atoms with Gasteiger partial charge < -0.3 is 9.52 Å². The first-order valence-electron chi connectivity index (χ1n) is 6.99. The highest BCUT2D eigenvalue weighted by molar-refractivity contribution is 5.74. The summed E-state index contributed by atoms with van der Waals surface area (Å²) in [6, 6.07) is 8.76. The average molecular weight is 301 g/mol. The lowest BCUT2D eigenvalue weighted by molar-refractivity contribution is 0.276. The van der Waals surface area contributed by atoms with Crippen LogP contribution in [0, 0.1) is 19.7 Å². The zero-order valence-electron chi connectivity index (χ0n) is 12.4. The van der Waals surface area contributed by atoms with Crippen LogP contribution >= 0.6 is 0 Å². The Bertz CT molecular complexity index is 908. The number of aliphatic hydroxyl groups is 1. The Hall–Kier alpha value is -2.40. The van der Waals surface area contributed by atoms with Crippen LogP contribution in [0.3, 0.4) is 0 Å². The molecule has 4 nitrogen and oxygen atoms in total. The summed E-state index contributed by atoms with van der Waals surface area (Å²) in [5.41, 5.74) is 3.57. The van der Waals surface area contributed by atoms with Crippen molar-refractivity contribution in [2.75, 3.05) is 0 Å². The lowest BCUT2D eigenvalue weighted by Gasteiger charge is -2.07. The van der Waals surface area contributed by atoms with Crippen molar-refractivity contribution in [3.63, 3.8) is 0 Å². The molecule has 3 rings (SSSR count). The normalized spacial score (nSPS) is 11.3. The van der Waals surface area contributed by atoms with Crippen LogP contribution in [0.2, 0.25) is 0 Å². The van der Waals surface area contributed by atoms with Gasteiger partial charge in [-0.15, -0.1) is 0 Å². The van der Waals surface area contributed by atoms with Crippen molar-refractivity contribution in [3.05, 3.63) is 69.0 Å². The van der Waals surface area contributed by atoms with Crippen LogP contribution in [0.5, 0.6) is 0 Å². The number of halogens is 1. The minimum atomic E-state index is -0.616. The third-order valence-corrected chi connectivity index (χ3v) is 3.93. The summed E-state index contributed by atoms with van der Waals surface area (Å²) < 4.78 is 20.8. The van der Waals surface area contributed by atoms with Crippen molar-refractivity contribution in [2.24, 2.45) is 0 Å². The second-order valence-corrected chi connectivity index (χ2v) is 5.42. The maximum absolute atomic E-state index is 14.4. The molecule has 0 amide bonds. The van der Waals surface area contributed by atoms with Gasteiger partial charge in [-0.05, 0) is 42.7 Å². The van der Waals surface area contributed by atoms with Gasteiger partial charge in [0.1, 0.15) is 5.52 Å². The van der Waals surface area contributed by atoms with Gasteiger partial charge in [-0.2, -0.15) is 0 Å². The molecule has 0 bridgehead atoms. The first-order chi connectivity index (χ1) is 10.5. The van der Waals surface area contributed by atoms with Gasteiger partial charge in [0.15, 0.2) is 11.4 Å². The summed E-state index contributed by atoms with van der Waals surface area (Å²) in [6.45, 7) is 3.79. The number of aromatic nitrogens is 1. The summed E-state index contributed by atoms with van der Waals surface area (Å²) in [6.07, 6.45) is 0. The zero-order chi connectivity index (χ0) is 15.9. The highest BCUT2D eigenvalue weighted by atomic mass is 19.1. The van der Waals surface area contributed by atoms with Crippen LogP contribution < -0.4 is 5.76 Å². The fraction of sp³-hybridized carbons (Fsp3) is 0.235. The number of oxazole rings is 1. The number of aryl methyl sites for hydroxylation is 2. The summed E-state index contributed by atoms with van der Waals surface area (Å²) in [5, 5.41) is 9.17. The molecule has 0 saturated carbocycles. The Balaban J connectivity index is 2.15. The van der Waals surface area contributed by atoms with Gasteiger partial charge in [0.25, 0.3) is 0 Å². The lowest BCUT2D eigenvalue weighted by Crippen LogP contribution is -2.16. The summed E-state index contributed by atoms with van der Waals surface area (Å²) in [5.74, 6) is -1.23. The highest BCUT2D eigenvalue weighted by Gasteiger charge is 2.17. The molecule has 3 aromatic rings. The van der Waals surface area contributed by atoms with Crippen LogP contribution in [0.4, 0.5) is 4.39 Å². The molecule has 5 heteroatoms. The highest BCUT2D eigenvalue weighted by Crippen LogP contribution is 2.22. The Labute approximate surface area is 126 Å². The molecule has 0 aliphatic heterocycles. The molecule has 2 aromatic carbocycles. The third-order valence-electron chi connectivity index (χ3n) is 3.93. The topological polar surface area (TPSA) is 55.4 Å². The third kappa shape index (κ3) is 2.33. The number of benzene rings is 2. The second kappa shape index (κ2) is 5.42. The minimum Gasteiger partial charge on any atom is -0.408 e. The van der Waals surface area contributed by atoms with Gasteiger partial charge in [-0.1, -0.05) is 18.2 Å². The van der Waals surface area contributed by atoms with E-state index >= 15 is 0 Å². The Morgan fingerprint density at radius 1 is 1.18 bits per heavy atom. The van der Waals surface area contributed by atoms with E-state index in [2.05, 4.69) is 0 Å². The van der Waals surface area contributed by atoms with Crippen molar-refractivity contribution in [2.45, 2.75) is 27.0 Å². The quantitative estimate of drug-likeness (QED) is 0.809. The first kappa shape index (κ1) is 14.5. The Morgan fingerprint density at radius 3 is 2.64 bits per heavy atom. The number of rotatable bonds is 3. The molecule has 114 valence electrons. The number of aliphatic hydroxyl groups excluding tert-OH is 1. The molecule has 0 spiro atoms. The predicted octanol–water partition coefficient (Wildman–Crippen LogP) is 2.89. The maximum atomic E-state index is 14.4. The number of hydrogen-bond acceptors (Lipinski definition) is 3. The van der Waals surface area contributed by atoms with Crippen molar-refractivity contribution >= 4 is 11.1 Å². The van der Waals surface area contributed by atoms with Crippen molar-refractivity contribution in [1.29, 1.82) is 0 Å². The van der Waals surface area contributed by atoms with E-state index in [9.17, 15) is 14.3 Å². The van der Waals surface area contributed by atoms with Gasteiger partial charge >= 0.3 is 5.76 Å². The molecule has 22 heavy (non-hydrogen) atoms. The minimum absolute atomic E-state index is 0.0924. The number of fused-ring (bicyclic) bond motifs is 1. The molecule has 0 fully saturated rings. The monoisotopic (exact) mass is 301 g/mol. The van der Waals surface area contributed by atoms with Gasteiger partial charge in [0.05, 0.1) is 13.2 Å². The second-order valence-electron chi connectivity index (χ2n) is 5.42. The van der Waals surface area contributed by atoms with Crippen LogP contribution in [0.25, 0.3) is 11.1 Å². The fourth-order valence-corrected chi connectivity index (χ4v) is 2.51. The first-order valence-corrected chi connectivity index (χ1v) is 6.99. The molecular weight excluding hydrogens is 285 g/mol. The van der Waals surface area contributed by atoms with E-state index in [0.717, 1.165) is 16.7 Å². The molecule has 0 saturated heterocycles. The van der Waals surface area contributed by atoms with Crippen molar-refractivity contribution in [1.82, 2.24) is 4.57 Å². The molecule has 0 radical (unpaired) electrons. The summed E-state index contributed by atoms with van der Waals surface area (Å²) in [7, 11) is 0. The SMILES string of the molecule is Cc1ccc(Cn2c(=O)oc3ccc(CO)c(F)c32)cc1C. The number of hydrogen-bond donors (Lipinski definition) is 1. The van der Waals surface area contributed by atoms with Gasteiger partial charge in [-0.3, -0.25) is 4.57 Å². The molecule has 1 N–H and O–H groups in total.